The molecule has 0 atom stereocenters. The highest BCUT2D eigenvalue weighted by Crippen LogP contribution is 2.25. The van der Waals surface area contributed by atoms with Crippen LogP contribution in [0.3, 0.4) is 0 Å². The molecule has 1 N–H and O–H groups in total. The van der Waals surface area contributed by atoms with Crippen molar-refractivity contribution in [2.75, 3.05) is 18.2 Å². The van der Waals surface area contributed by atoms with E-state index in [4.69, 9.17) is 4.74 Å². The van der Waals surface area contributed by atoms with E-state index >= 15 is 0 Å². The maximum absolute atomic E-state index is 12.0. The molecule has 0 spiro atoms. The maximum Gasteiger partial charge on any atom is 0.341 e. The Morgan fingerprint density at radius 3 is 2.80 bits per heavy atom. The van der Waals surface area contributed by atoms with Gasteiger partial charge < -0.3 is 10.1 Å². The number of carbonyl (C=O) groups excluding carboxylic acids is 2. The van der Waals surface area contributed by atoms with E-state index in [1.807, 2.05) is 0 Å². The molecule has 2 rings (SSSR count). The van der Waals surface area contributed by atoms with Gasteiger partial charge in [0.05, 0.1) is 10.5 Å². The molecule has 1 heterocycles. The molecule has 0 saturated heterocycles. The van der Waals surface area contributed by atoms with Crippen LogP contribution < -0.4 is 5.32 Å². The average molecular weight is 361 g/mol. The lowest BCUT2D eigenvalue weighted by molar-refractivity contribution is -0.384. The number of carbonyl (C=O) groups is 2. The summed E-state index contributed by atoms with van der Waals surface area (Å²) in [6.07, 6.45) is 3.31. The first-order chi connectivity index (χ1) is 11.9. The number of aryl methyl sites for hydroxylation is 1. The summed E-state index contributed by atoms with van der Waals surface area (Å²) in [5.41, 5.74) is 0.765. The number of nitrogens with one attached hydrogen (secondary N) is 1. The Hall–Kier alpha value is -2.94. The molecular weight excluding hydrogens is 346 g/mol. The number of benzene rings is 1. The first-order valence-corrected chi connectivity index (χ1v) is 8.36. The van der Waals surface area contributed by atoms with Gasteiger partial charge in [-0.25, -0.2) is 9.78 Å². The molecule has 1 amide bonds. The van der Waals surface area contributed by atoms with Gasteiger partial charge in [-0.05, 0) is 36.9 Å². The highest BCUT2D eigenvalue weighted by molar-refractivity contribution is 7.98. The smallest absolute Gasteiger partial charge is 0.341 e. The zero-order valence-corrected chi connectivity index (χ0v) is 14.3. The molecule has 8 nitrogen and oxygen atoms in total. The summed E-state index contributed by atoms with van der Waals surface area (Å²) in [5.74, 6) is -1.36. The van der Waals surface area contributed by atoms with Crippen molar-refractivity contribution in [1.29, 1.82) is 0 Å². The Bertz CT molecular complexity index is 825. The highest BCUT2D eigenvalue weighted by atomic mass is 32.2. The van der Waals surface area contributed by atoms with Gasteiger partial charge in [0.1, 0.15) is 10.7 Å². The summed E-state index contributed by atoms with van der Waals surface area (Å²) in [7, 11) is 0. The number of rotatable bonds is 6. The summed E-state index contributed by atoms with van der Waals surface area (Å²) in [6, 6.07) is 7.55. The minimum atomic E-state index is -0.689. The summed E-state index contributed by atoms with van der Waals surface area (Å²) in [6.45, 7) is 1.14. The van der Waals surface area contributed by atoms with Crippen LogP contribution in [0.5, 0.6) is 0 Å². The number of amides is 1. The Balaban J connectivity index is 2.02. The van der Waals surface area contributed by atoms with Gasteiger partial charge in [-0.15, -0.1) is 11.8 Å². The van der Waals surface area contributed by atoms with Gasteiger partial charge in [-0.2, -0.15) is 0 Å². The molecule has 1 aromatic heterocycles. The number of aromatic nitrogens is 1. The van der Waals surface area contributed by atoms with Gasteiger partial charge in [0.25, 0.3) is 11.6 Å². The summed E-state index contributed by atoms with van der Waals surface area (Å²) < 4.78 is 4.95. The summed E-state index contributed by atoms with van der Waals surface area (Å²) >= 11 is 1.28. The zero-order chi connectivity index (χ0) is 18.4. The number of anilines is 1. The Morgan fingerprint density at radius 2 is 2.12 bits per heavy atom. The molecule has 2 aromatic rings. The quantitative estimate of drug-likeness (QED) is 0.364. The van der Waals surface area contributed by atoms with Crippen LogP contribution in [0, 0.1) is 17.0 Å². The van der Waals surface area contributed by atoms with Crippen LogP contribution in [0.4, 0.5) is 11.4 Å². The average Bonchev–Trinajstić information content (AvgIpc) is 2.61. The van der Waals surface area contributed by atoms with Crippen LogP contribution in [-0.2, 0) is 9.53 Å². The van der Waals surface area contributed by atoms with E-state index in [9.17, 15) is 19.7 Å². The third kappa shape index (κ3) is 4.77. The molecule has 0 radical (unpaired) electrons. The molecule has 0 unspecified atom stereocenters. The van der Waals surface area contributed by atoms with Gasteiger partial charge in [0.2, 0.25) is 0 Å². The first-order valence-electron chi connectivity index (χ1n) is 7.13. The third-order valence-electron chi connectivity index (χ3n) is 3.14. The first kappa shape index (κ1) is 18.4. The molecule has 0 fully saturated rings. The number of hydrogen-bond donors (Lipinski definition) is 1. The largest absolute Gasteiger partial charge is 0.452 e. The molecular formula is C16H15N3O5S. The Kier molecular flexibility index (Phi) is 6.07. The molecule has 0 bridgehead atoms. The fourth-order valence-electron chi connectivity index (χ4n) is 2.00. The van der Waals surface area contributed by atoms with Crippen LogP contribution in [-0.4, -0.2) is 34.6 Å². The van der Waals surface area contributed by atoms with Crippen LogP contribution in [0.1, 0.15) is 15.9 Å². The second-order valence-corrected chi connectivity index (χ2v) is 5.76. The van der Waals surface area contributed by atoms with Gasteiger partial charge in [-0.1, -0.05) is 6.07 Å². The predicted molar refractivity (Wildman–Crippen MR) is 92.8 cm³/mol. The van der Waals surface area contributed by atoms with Crippen LogP contribution in [0.25, 0.3) is 0 Å². The molecule has 0 aliphatic rings. The number of thioether (sulfide) groups is 1. The van der Waals surface area contributed by atoms with Crippen molar-refractivity contribution in [2.45, 2.75) is 11.9 Å². The Labute approximate surface area is 147 Å². The highest BCUT2D eigenvalue weighted by Gasteiger charge is 2.18. The monoisotopic (exact) mass is 361 g/mol. The van der Waals surface area contributed by atoms with Gasteiger partial charge >= 0.3 is 5.97 Å². The number of ether oxygens (including phenoxy) is 1. The Morgan fingerprint density at radius 1 is 1.36 bits per heavy atom. The van der Waals surface area contributed by atoms with Crippen molar-refractivity contribution in [1.82, 2.24) is 4.98 Å². The third-order valence-corrected chi connectivity index (χ3v) is 3.85. The van der Waals surface area contributed by atoms with Gasteiger partial charge in [0, 0.05) is 12.3 Å². The fraction of sp³-hybridized carbons (Fsp3) is 0.188. The van der Waals surface area contributed by atoms with Crippen molar-refractivity contribution in [2.24, 2.45) is 0 Å². The minimum Gasteiger partial charge on any atom is -0.452 e. The second-order valence-electron chi connectivity index (χ2n) is 4.96. The van der Waals surface area contributed by atoms with E-state index < -0.39 is 23.4 Å². The van der Waals surface area contributed by atoms with Crippen molar-refractivity contribution < 1.29 is 19.2 Å². The normalized spacial score (nSPS) is 10.2. The molecule has 0 saturated carbocycles. The van der Waals surface area contributed by atoms with Crippen molar-refractivity contribution in [3.63, 3.8) is 0 Å². The van der Waals surface area contributed by atoms with E-state index in [1.165, 1.54) is 23.9 Å². The van der Waals surface area contributed by atoms with Crippen molar-refractivity contribution in [3.8, 4) is 0 Å². The van der Waals surface area contributed by atoms with Crippen molar-refractivity contribution in [3.05, 3.63) is 57.8 Å². The van der Waals surface area contributed by atoms with E-state index in [-0.39, 0.29) is 16.9 Å². The number of hydrogen-bond acceptors (Lipinski definition) is 7. The predicted octanol–water partition coefficient (Wildman–Crippen LogP) is 2.82. The molecule has 25 heavy (non-hydrogen) atoms. The van der Waals surface area contributed by atoms with Gasteiger partial charge in [-0.3, -0.25) is 14.9 Å². The SMILES string of the molecule is CSc1ncccc1C(=O)OCC(=O)Nc1ccc(C)cc1[N+](=O)[O-]. The number of pyridine rings is 1. The van der Waals surface area contributed by atoms with Crippen LogP contribution >= 0.6 is 11.8 Å². The molecule has 0 aliphatic carbocycles. The molecule has 0 aliphatic heterocycles. The topological polar surface area (TPSA) is 111 Å². The van der Waals surface area contributed by atoms with Crippen LogP contribution in [0.2, 0.25) is 0 Å². The zero-order valence-electron chi connectivity index (χ0n) is 13.5. The number of nitro benzene ring substituents is 1. The minimum absolute atomic E-state index is 0.0443. The molecule has 130 valence electrons. The van der Waals surface area contributed by atoms with Gasteiger partial charge in [0.15, 0.2) is 6.61 Å². The standard InChI is InChI=1S/C16H15N3O5S/c1-10-5-6-12(13(8-10)19(22)23)18-14(20)9-24-16(21)11-4-3-7-17-15(11)25-2/h3-8H,9H2,1-2H3,(H,18,20). The summed E-state index contributed by atoms with van der Waals surface area (Å²) in [5, 5.41) is 13.9. The number of nitro groups is 1. The summed E-state index contributed by atoms with van der Waals surface area (Å²) in [4.78, 5) is 38.5. The molecule has 1 aromatic carbocycles. The second kappa shape index (κ2) is 8.25. The lowest BCUT2D eigenvalue weighted by Gasteiger charge is -2.08. The van der Waals surface area contributed by atoms with Crippen LogP contribution in [0.15, 0.2) is 41.6 Å². The van der Waals surface area contributed by atoms with E-state index in [0.717, 1.165) is 0 Å². The van der Waals surface area contributed by atoms with E-state index in [2.05, 4.69) is 10.3 Å². The lowest BCUT2D eigenvalue weighted by atomic mass is 10.2. The number of esters is 1. The maximum atomic E-state index is 12.0. The van der Waals surface area contributed by atoms with E-state index in [1.54, 1.807) is 37.6 Å². The van der Waals surface area contributed by atoms with E-state index in [0.29, 0.717) is 10.6 Å². The number of nitrogens with zero attached hydrogens (tertiary/aromatic N) is 2. The fourth-order valence-corrected chi connectivity index (χ4v) is 2.54. The van der Waals surface area contributed by atoms with Crippen molar-refractivity contribution >= 4 is 35.0 Å². The molecule has 9 heteroatoms. The lowest BCUT2D eigenvalue weighted by Crippen LogP contribution is -2.21.